The molecule has 1 fully saturated rings. The van der Waals surface area contributed by atoms with Gasteiger partial charge in [-0.3, -0.25) is 0 Å². The van der Waals surface area contributed by atoms with Crippen molar-refractivity contribution >= 4 is 25.1 Å². The normalized spacial score (nSPS) is 18.8. The third kappa shape index (κ3) is 3.58. The van der Waals surface area contributed by atoms with Crippen LogP contribution in [0.2, 0.25) is 5.32 Å². The molecule has 2 nitrogen and oxygen atoms in total. The Balaban J connectivity index is 1.54. The summed E-state index contributed by atoms with van der Waals surface area (Å²) >= 11 is 0.500. The molecule has 3 aromatic carbocycles. The monoisotopic (exact) mass is 395 g/mol. The van der Waals surface area contributed by atoms with Crippen molar-refractivity contribution in [1.29, 1.82) is 0 Å². The molecule has 126 valence electrons. The zero-order valence-electron chi connectivity index (χ0n) is 14.2. The summed E-state index contributed by atoms with van der Waals surface area (Å²) in [5.74, 6) is 0.917. The van der Waals surface area contributed by atoms with Gasteiger partial charge >= 0.3 is 155 Å². The van der Waals surface area contributed by atoms with Crippen LogP contribution in [0.4, 0.5) is 5.69 Å². The van der Waals surface area contributed by atoms with Crippen molar-refractivity contribution in [3.63, 3.8) is 0 Å². The molecule has 0 aliphatic carbocycles. The Hall–Kier alpha value is -2.22. The second-order valence-corrected chi connectivity index (χ2v) is 8.45. The fourth-order valence-corrected chi connectivity index (χ4v) is 5.50. The van der Waals surface area contributed by atoms with Gasteiger partial charge < -0.3 is 0 Å². The average molecular weight is 394 g/mol. The molecule has 0 unspecified atom stereocenters. The van der Waals surface area contributed by atoms with E-state index < -0.39 is 0 Å². The molecule has 1 saturated heterocycles. The second kappa shape index (κ2) is 7.35. The van der Waals surface area contributed by atoms with Gasteiger partial charge in [0.15, 0.2) is 0 Å². The number of ether oxygens (including phenoxy) is 1. The Morgan fingerprint density at radius 3 is 2.12 bits per heavy atom. The summed E-state index contributed by atoms with van der Waals surface area (Å²) in [6.45, 7) is 0. The third-order valence-electron chi connectivity index (χ3n) is 4.61. The first-order valence-corrected chi connectivity index (χ1v) is 10.6. The van der Waals surface area contributed by atoms with E-state index in [4.69, 9.17) is 4.74 Å². The predicted molar refractivity (Wildman–Crippen MR) is 105 cm³/mol. The van der Waals surface area contributed by atoms with Crippen LogP contribution in [-0.2, 0) is 0 Å². The van der Waals surface area contributed by atoms with Gasteiger partial charge in [-0.1, -0.05) is 0 Å². The summed E-state index contributed by atoms with van der Waals surface area (Å²) < 4.78 is 6.78. The molecular weight excluding hydrogens is 373 g/mol. The quantitative estimate of drug-likeness (QED) is 0.462. The fraction of sp³-hybridized carbons (Fsp3) is 0.182. The van der Waals surface area contributed by atoms with Crippen LogP contribution < -0.4 is 14.1 Å². The Bertz CT molecular complexity index is 804. The van der Waals surface area contributed by atoms with Gasteiger partial charge in [-0.05, 0) is 0 Å². The number of rotatable bonds is 6. The van der Waals surface area contributed by atoms with Crippen LogP contribution in [0, 0.1) is 0 Å². The van der Waals surface area contributed by atoms with E-state index in [0.717, 1.165) is 5.75 Å². The molecule has 1 aliphatic rings. The predicted octanol–water partition coefficient (Wildman–Crippen LogP) is 4.07. The Morgan fingerprint density at radius 1 is 0.840 bits per heavy atom. The van der Waals surface area contributed by atoms with Crippen LogP contribution >= 0.6 is 0 Å². The van der Waals surface area contributed by atoms with E-state index >= 15 is 0 Å². The van der Waals surface area contributed by atoms with Crippen LogP contribution in [0.25, 0.3) is 0 Å². The molecule has 0 aromatic heterocycles. The summed E-state index contributed by atoms with van der Waals surface area (Å²) in [5, 5.41) is 1.22. The van der Waals surface area contributed by atoms with Crippen LogP contribution in [0.15, 0.2) is 84.9 Å². The number of hydrogen-bond donors (Lipinski definition) is 0. The fourth-order valence-electron chi connectivity index (χ4n) is 3.29. The molecular formula is C22H21NOSe. The van der Waals surface area contributed by atoms with Crippen LogP contribution in [0.3, 0.4) is 0 Å². The molecule has 3 heteroatoms. The summed E-state index contributed by atoms with van der Waals surface area (Å²) in [6.07, 6.45) is 0. The average Bonchev–Trinajstić information content (AvgIpc) is 3.42. The maximum absolute atomic E-state index is 5.30. The van der Waals surface area contributed by atoms with Gasteiger partial charge in [-0.15, -0.1) is 0 Å². The van der Waals surface area contributed by atoms with Crippen molar-refractivity contribution in [2.75, 3.05) is 12.0 Å². The molecule has 3 aromatic rings. The molecule has 4 rings (SSSR count). The molecule has 25 heavy (non-hydrogen) atoms. The number of nitrogens with zero attached hydrogens (tertiary/aromatic N) is 1. The van der Waals surface area contributed by atoms with Crippen LogP contribution in [0.1, 0.15) is 11.6 Å². The van der Waals surface area contributed by atoms with E-state index in [1.54, 1.807) is 7.11 Å². The number of benzene rings is 3. The van der Waals surface area contributed by atoms with E-state index in [9.17, 15) is 0 Å². The van der Waals surface area contributed by atoms with Crippen LogP contribution in [0.5, 0.6) is 5.75 Å². The summed E-state index contributed by atoms with van der Waals surface area (Å²) in [7, 11) is 1.72. The minimum atomic E-state index is 0.471. The van der Waals surface area contributed by atoms with Gasteiger partial charge in [0.05, 0.1) is 0 Å². The van der Waals surface area contributed by atoms with E-state index in [2.05, 4.69) is 89.8 Å². The second-order valence-electron chi connectivity index (χ2n) is 6.15. The topological polar surface area (TPSA) is 12.2 Å². The van der Waals surface area contributed by atoms with Crippen molar-refractivity contribution in [1.82, 2.24) is 0 Å². The maximum atomic E-state index is 5.30. The van der Waals surface area contributed by atoms with Gasteiger partial charge in [0.25, 0.3) is 0 Å². The van der Waals surface area contributed by atoms with Gasteiger partial charge in [0.1, 0.15) is 0 Å². The molecule has 0 amide bonds. The first-order valence-electron chi connectivity index (χ1n) is 8.52. The Morgan fingerprint density at radius 2 is 1.48 bits per heavy atom. The summed E-state index contributed by atoms with van der Waals surface area (Å²) in [5.41, 5.74) is 2.69. The number of methoxy groups -OCH3 is 1. The van der Waals surface area contributed by atoms with E-state index in [-0.39, 0.29) is 0 Å². The molecule has 1 heterocycles. The molecule has 0 N–H and O–H groups in total. The Labute approximate surface area is 155 Å². The summed E-state index contributed by atoms with van der Waals surface area (Å²) in [6, 6.07) is 31.2. The van der Waals surface area contributed by atoms with Crippen molar-refractivity contribution < 1.29 is 4.74 Å². The molecule has 0 radical (unpaired) electrons. The Kier molecular flexibility index (Phi) is 4.78. The van der Waals surface area contributed by atoms with Gasteiger partial charge in [-0.25, -0.2) is 0 Å². The van der Waals surface area contributed by atoms with Crippen molar-refractivity contribution in [2.24, 2.45) is 0 Å². The zero-order valence-corrected chi connectivity index (χ0v) is 15.9. The zero-order chi connectivity index (χ0) is 17.1. The summed E-state index contributed by atoms with van der Waals surface area (Å²) in [4.78, 5) is 2.55. The molecule has 0 saturated carbocycles. The first kappa shape index (κ1) is 16.3. The van der Waals surface area contributed by atoms with Gasteiger partial charge in [0, 0.05) is 0 Å². The molecule has 1 aliphatic heterocycles. The van der Waals surface area contributed by atoms with E-state index in [0.29, 0.717) is 27.0 Å². The van der Waals surface area contributed by atoms with Crippen molar-refractivity contribution in [3.8, 4) is 5.75 Å². The van der Waals surface area contributed by atoms with Gasteiger partial charge in [0.2, 0.25) is 0 Å². The first-order chi connectivity index (χ1) is 12.4. The minimum absolute atomic E-state index is 0.471. The van der Waals surface area contributed by atoms with Crippen molar-refractivity contribution in [2.45, 2.75) is 17.4 Å². The molecule has 0 spiro atoms. The standard InChI is InChI=1S/C22H21NOSe/c1-24-19-14-12-17(13-15-19)22-21(16-25-20-10-6-3-7-11-20)23(22)18-8-4-2-5-9-18/h2-15,21-22H,16H2,1H3/t21-,22+,23?/m1/s1. The van der Waals surface area contributed by atoms with E-state index in [1.807, 2.05) is 0 Å². The molecule has 0 bridgehead atoms. The third-order valence-corrected chi connectivity index (χ3v) is 6.94. The van der Waals surface area contributed by atoms with E-state index in [1.165, 1.54) is 21.0 Å². The number of para-hydroxylation sites is 1. The van der Waals surface area contributed by atoms with Gasteiger partial charge in [-0.2, -0.15) is 0 Å². The van der Waals surface area contributed by atoms with Crippen molar-refractivity contribution in [3.05, 3.63) is 90.5 Å². The number of hydrogen-bond acceptors (Lipinski definition) is 2. The SMILES string of the molecule is COc1ccc([C@H]2[C@@H](C[Se]c3ccccc3)N2c2ccccc2)cc1. The molecule has 2 atom stereocenters. The van der Waals surface area contributed by atoms with Crippen LogP contribution in [-0.4, -0.2) is 28.1 Å². The number of anilines is 1.